The molecule has 5 rings (SSSR count). The zero-order valence-corrected chi connectivity index (χ0v) is 11.2. The van der Waals surface area contributed by atoms with Crippen LogP contribution in [0.25, 0.3) is 0 Å². The molecule has 1 aliphatic heterocycles. The SMILES string of the molecule is CC1(C)N=NN(C23CC4CC(CC(C4)C2)C3)C1=O. The quantitative estimate of drug-likeness (QED) is 0.702. The van der Waals surface area contributed by atoms with Gasteiger partial charge in [0.15, 0.2) is 5.54 Å². The maximum atomic E-state index is 12.5. The van der Waals surface area contributed by atoms with Crippen LogP contribution in [0.5, 0.6) is 0 Å². The minimum Gasteiger partial charge on any atom is -0.270 e. The first-order chi connectivity index (χ1) is 8.48. The molecule has 0 atom stereocenters. The Bertz CT molecular complexity index is 405. The van der Waals surface area contributed by atoms with Gasteiger partial charge in [0, 0.05) is 0 Å². The smallest absolute Gasteiger partial charge is 0.270 e. The number of hydrogen-bond acceptors (Lipinski definition) is 3. The van der Waals surface area contributed by atoms with E-state index in [1.54, 1.807) is 5.01 Å². The molecule has 0 N–H and O–H groups in total. The molecule has 0 aromatic carbocycles. The molecule has 5 aliphatic rings. The molecular weight excluding hydrogens is 226 g/mol. The third kappa shape index (κ3) is 1.29. The van der Waals surface area contributed by atoms with Crippen LogP contribution in [0.2, 0.25) is 0 Å². The number of nitrogens with zero attached hydrogens (tertiary/aromatic N) is 3. The van der Waals surface area contributed by atoms with Gasteiger partial charge in [0.05, 0.1) is 5.54 Å². The largest absolute Gasteiger partial charge is 0.273 e. The van der Waals surface area contributed by atoms with Gasteiger partial charge in [-0.25, -0.2) is 5.01 Å². The van der Waals surface area contributed by atoms with Gasteiger partial charge in [-0.2, -0.15) is 5.11 Å². The van der Waals surface area contributed by atoms with Gasteiger partial charge in [0.1, 0.15) is 0 Å². The topological polar surface area (TPSA) is 45.0 Å². The van der Waals surface area contributed by atoms with Crippen molar-refractivity contribution in [3.63, 3.8) is 0 Å². The summed E-state index contributed by atoms with van der Waals surface area (Å²) in [6, 6.07) is 0. The van der Waals surface area contributed by atoms with Gasteiger partial charge in [-0.05, 0) is 70.1 Å². The first-order valence-corrected chi connectivity index (χ1v) is 7.26. The number of carbonyl (C=O) groups is 1. The molecule has 18 heavy (non-hydrogen) atoms. The standard InChI is InChI=1S/C14H21N3O/c1-13(2)12(18)17(16-15-13)14-6-9-3-10(7-14)5-11(4-9)8-14/h9-11H,3-8H2,1-2H3. The zero-order valence-electron chi connectivity index (χ0n) is 11.2. The maximum absolute atomic E-state index is 12.5. The van der Waals surface area contributed by atoms with E-state index in [0.717, 1.165) is 17.8 Å². The van der Waals surface area contributed by atoms with E-state index in [0.29, 0.717) is 0 Å². The Hall–Kier alpha value is -0.930. The third-order valence-electron chi connectivity index (χ3n) is 5.56. The second-order valence-corrected chi connectivity index (χ2v) is 7.51. The van der Waals surface area contributed by atoms with E-state index < -0.39 is 5.54 Å². The van der Waals surface area contributed by atoms with E-state index in [2.05, 4.69) is 10.3 Å². The summed E-state index contributed by atoms with van der Waals surface area (Å²) in [6.07, 6.45) is 7.67. The summed E-state index contributed by atoms with van der Waals surface area (Å²) in [5.74, 6) is 2.62. The molecule has 0 aromatic rings. The zero-order chi connectivity index (χ0) is 12.5. The van der Waals surface area contributed by atoms with Gasteiger partial charge < -0.3 is 0 Å². The van der Waals surface area contributed by atoms with Crippen LogP contribution in [0.1, 0.15) is 52.4 Å². The Balaban J connectivity index is 1.69. The molecule has 0 radical (unpaired) electrons. The van der Waals surface area contributed by atoms with E-state index in [4.69, 9.17) is 0 Å². The van der Waals surface area contributed by atoms with E-state index in [9.17, 15) is 4.79 Å². The molecule has 4 nitrogen and oxygen atoms in total. The minimum absolute atomic E-state index is 0.0309. The third-order valence-corrected chi connectivity index (χ3v) is 5.56. The number of hydrogen-bond donors (Lipinski definition) is 0. The fourth-order valence-corrected chi connectivity index (χ4v) is 5.13. The van der Waals surface area contributed by atoms with Gasteiger partial charge in [-0.1, -0.05) is 5.22 Å². The molecule has 1 amide bonds. The normalized spacial score (nSPS) is 48.2. The lowest BCUT2D eigenvalue weighted by Crippen LogP contribution is -2.60. The predicted molar refractivity (Wildman–Crippen MR) is 66.7 cm³/mol. The van der Waals surface area contributed by atoms with Crippen LogP contribution in [0, 0.1) is 17.8 Å². The highest BCUT2D eigenvalue weighted by Crippen LogP contribution is 2.58. The van der Waals surface area contributed by atoms with E-state index >= 15 is 0 Å². The van der Waals surface area contributed by atoms with E-state index in [1.165, 1.54) is 38.5 Å². The Kier molecular flexibility index (Phi) is 1.91. The number of rotatable bonds is 1. The Morgan fingerprint density at radius 2 is 1.56 bits per heavy atom. The summed E-state index contributed by atoms with van der Waals surface area (Å²) in [5.41, 5.74) is -0.605. The summed E-state index contributed by atoms with van der Waals surface area (Å²) in [5, 5.41) is 10.2. The molecule has 4 fully saturated rings. The van der Waals surface area contributed by atoms with Crippen molar-refractivity contribution in [3.05, 3.63) is 0 Å². The van der Waals surface area contributed by atoms with Crippen LogP contribution in [0.4, 0.5) is 0 Å². The van der Waals surface area contributed by atoms with Gasteiger partial charge in [-0.3, -0.25) is 4.79 Å². The monoisotopic (exact) mass is 247 g/mol. The summed E-state index contributed by atoms with van der Waals surface area (Å²) < 4.78 is 0. The highest BCUT2D eigenvalue weighted by atomic mass is 16.2. The number of amides is 1. The van der Waals surface area contributed by atoms with Crippen LogP contribution in [0.15, 0.2) is 10.3 Å². The van der Waals surface area contributed by atoms with Gasteiger partial charge in [-0.15, -0.1) is 0 Å². The van der Waals surface area contributed by atoms with Crippen LogP contribution in [0.3, 0.4) is 0 Å². The predicted octanol–water partition coefficient (Wildman–Crippen LogP) is 2.94. The highest BCUT2D eigenvalue weighted by Gasteiger charge is 2.58. The van der Waals surface area contributed by atoms with Crippen molar-refractivity contribution in [3.8, 4) is 0 Å². The molecule has 0 saturated heterocycles. The molecule has 4 heteroatoms. The second kappa shape index (κ2) is 3.14. The fraction of sp³-hybridized carbons (Fsp3) is 0.929. The van der Waals surface area contributed by atoms with Crippen molar-refractivity contribution in [2.24, 2.45) is 28.1 Å². The Morgan fingerprint density at radius 1 is 1.06 bits per heavy atom. The van der Waals surface area contributed by atoms with E-state index in [1.807, 2.05) is 13.8 Å². The van der Waals surface area contributed by atoms with Gasteiger partial charge in [0.25, 0.3) is 5.91 Å². The maximum Gasteiger partial charge on any atom is 0.273 e. The van der Waals surface area contributed by atoms with Crippen molar-refractivity contribution in [1.29, 1.82) is 0 Å². The average Bonchev–Trinajstić information content (AvgIpc) is 2.52. The molecule has 0 aromatic heterocycles. The summed E-state index contributed by atoms with van der Waals surface area (Å²) in [7, 11) is 0. The Labute approximate surface area is 108 Å². The van der Waals surface area contributed by atoms with Crippen molar-refractivity contribution in [2.75, 3.05) is 0 Å². The number of carbonyl (C=O) groups excluding carboxylic acids is 1. The lowest BCUT2D eigenvalue weighted by Gasteiger charge is -2.58. The lowest BCUT2D eigenvalue weighted by atomic mass is 9.52. The van der Waals surface area contributed by atoms with Crippen molar-refractivity contribution in [2.45, 2.75) is 63.5 Å². The first kappa shape index (κ1) is 10.9. The highest BCUT2D eigenvalue weighted by molar-refractivity contribution is 5.87. The van der Waals surface area contributed by atoms with E-state index in [-0.39, 0.29) is 11.4 Å². The molecule has 4 bridgehead atoms. The molecule has 0 unspecified atom stereocenters. The first-order valence-electron chi connectivity index (χ1n) is 7.26. The van der Waals surface area contributed by atoms with Crippen LogP contribution >= 0.6 is 0 Å². The molecule has 4 aliphatic carbocycles. The van der Waals surface area contributed by atoms with Crippen molar-refractivity contribution < 1.29 is 4.79 Å². The van der Waals surface area contributed by atoms with Crippen molar-refractivity contribution >= 4 is 5.91 Å². The van der Waals surface area contributed by atoms with Gasteiger partial charge in [0.2, 0.25) is 0 Å². The molecule has 4 saturated carbocycles. The summed E-state index contributed by atoms with van der Waals surface area (Å²) in [6.45, 7) is 3.75. The molecule has 98 valence electrons. The molecular formula is C14H21N3O. The average molecular weight is 247 g/mol. The minimum atomic E-state index is -0.636. The molecule has 0 spiro atoms. The summed E-state index contributed by atoms with van der Waals surface area (Å²) in [4.78, 5) is 12.5. The fourth-order valence-electron chi connectivity index (χ4n) is 5.13. The lowest BCUT2D eigenvalue weighted by molar-refractivity contribution is -0.150. The van der Waals surface area contributed by atoms with Crippen molar-refractivity contribution in [1.82, 2.24) is 5.01 Å². The second-order valence-electron chi connectivity index (χ2n) is 7.51. The van der Waals surface area contributed by atoms with Crippen LogP contribution in [-0.4, -0.2) is 22.0 Å². The van der Waals surface area contributed by atoms with Crippen LogP contribution in [-0.2, 0) is 4.79 Å². The van der Waals surface area contributed by atoms with Crippen LogP contribution < -0.4 is 0 Å². The molecule has 1 heterocycles. The Morgan fingerprint density at radius 3 is 1.94 bits per heavy atom. The summed E-state index contributed by atoms with van der Waals surface area (Å²) >= 11 is 0. The van der Waals surface area contributed by atoms with Gasteiger partial charge >= 0.3 is 0 Å².